The van der Waals surface area contributed by atoms with Crippen LogP contribution in [0.3, 0.4) is 0 Å². The topological polar surface area (TPSA) is 80.0 Å². The second kappa shape index (κ2) is 6.68. The molecular weight excluding hydrogens is 336 g/mol. The fourth-order valence-electron chi connectivity index (χ4n) is 3.41. The molecule has 8 heteroatoms. The van der Waals surface area contributed by atoms with Gasteiger partial charge in [-0.05, 0) is 37.6 Å². The molecule has 25 heavy (non-hydrogen) atoms. The van der Waals surface area contributed by atoms with E-state index < -0.39 is 0 Å². The maximum atomic E-state index is 9.48. The third kappa shape index (κ3) is 3.23. The van der Waals surface area contributed by atoms with Crippen LogP contribution in [0.15, 0.2) is 17.9 Å². The fraction of sp³-hybridized carbons (Fsp3) is 0.529. The molecule has 1 aliphatic rings. The van der Waals surface area contributed by atoms with E-state index in [1.54, 1.807) is 24.6 Å². The van der Waals surface area contributed by atoms with Gasteiger partial charge in [-0.3, -0.25) is 0 Å². The summed E-state index contributed by atoms with van der Waals surface area (Å²) in [7, 11) is 0. The van der Waals surface area contributed by atoms with Crippen LogP contribution in [0.1, 0.15) is 37.1 Å². The summed E-state index contributed by atoms with van der Waals surface area (Å²) >= 11 is 1.72. The van der Waals surface area contributed by atoms with Gasteiger partial charge in [0.1, 0.15) is 12.1 Å². The molecule has 1 fully saturated rings. The Morgan fingerprint density at radius 2 is 2.12 bits per heavy atom. The smallest absolute Gasteiger partial charge is 0.150 e. The number of aliphatic hydroxyl groups excluding tert-OH is 1. The van der Waals surface area contributed by atoms with E-state index in [9.17, 15) is 5.11 Å². The van der Waals surface area contributed by atoms with E-state index >= 15 is 0 Å². The average molecular weight is 358 g/mol. The zero-order chi connectivity index (χ0) is 17.4. The van der Waals surface area contributed by atoms with Crippen molar-refractivity contribution in [3.8, 4) is 0 Å². The minimum Gasteiger partial charge on any atom is -0.393 e. The van der Waals surface area contributed by atoms with Crippen molar-refractivity contribution < 1.29 is 5.11 Å². The van der Waals surface area contributed by atoms with Gasteiger partial charge in [-0.1, -0.05) is 5.21 Å². The molecule has 0 saturated carbocycles. The normalized spacial score (nSPS) is 17.3. The molecule has 1 N–H and O–H groups in total. The van der Waals surface area contributed by atoms with Crippen LogP contribution in [0.25, 0.3) is 10.2 Å². The number of fused-ring (bicyclic) bond motifs is 1. The molecular formula is C17H22N6OS. The highest BCUT2D eigenvalue weighted by Gasteiger charge is 2.24. The van der Waals surface area contributed by atoms with Gasteiger partial charge in [-0.15, -0.1) is 16.4 Å². The predicted octanol–water partition coefficient (Wildman–Crippen LogP) is 2.36. The third-order valence-corrected chi connectivity index (χ3v) is 5.80. The summed E-state index contributed by atoms with van der Waals surface area (Å²) in [5.41, 5.74) is 3.13. The Labute approximate surface area is 150 Å². The van der Waals surface area contributed by atoms with Crippen LogP contribution in [0.2, 0.25) is 0 Å². The summed E-state index contributed by atoms with van der Waals surface area (Å²) in [5, 5.41) is 20.1. The number of aromatic nitrogens is 5. The number of rotatable bonds is 4. The summed E-state index contributed by atoms with van der Waals surface area (Å²) in [6, 6.07) is 0.355. The van der Waals surface area contributed by atoms with Gasteiger partial charge in [0.05, 0.1) is 28.1 Å². The zero-order valence-electron chi connectivity index (χ0n) is 14.5. The Hall–Kier alpha value is -2.06. The van der Waals surface area contributed by atoms with Gasteiger partial charge < -0.3 is 10.0 Å². The highest BCUT2D eigenvalue weighted by molar-refractivity contribution is 7.18. The van der Waals surface area contributed by atoms with Crippen molar-refractivity contribution in [3.63, 3.8) is 0 Å². The first kappa shape index (κ1) is 16.4. The van der Waals surface area contributed by atoms with E-state index in [-0.39, 0.29) is 6.10 Å². The zero-order valence-corrected chi connectivity index (χ0v) is 15.3. The first-order chi connectivity index (χ1) is 12.1. The van der Waals surface area contributed by atoms with Gasteiger partial charge >= 0.3 is 0 Å². The van der Waals surface area contributed by atoms with Crippen molar-refractivity contribution in [2.24, 2.45) is 0 Å². The summed E-state index contributed by atoms with van der Waals surface area (Å²) in [4.78, 5) is 11.3. The molecule has 3 aromatic rings. The minimum absolute atomic E-state index is 0.355. The van der Waals surface area contributed by atoms with E-state index in [1.165, 1.54) is 10.3 Å². The quantitative estimate of drug-likeness (QED) is 0.771. The first-order valence-corrected chi connectivity index (χ1v) is 9.52. The summed E-state index contributed by atoms with van der Waals surface area (Å²) in [6.07, 6.45) is 5.82. The van der Waals surface area contributed by atoms with Crippen LogP contribution in [-0.4, -0.2) is 49.3 Å². The molecule has 1 saturated heterocycles. The molecule has 7 nitrogen and oxygen atoms in total. The highest BCUT2D eigenvalue weighted by atomic mass is 32.1. The lowest BCUT2D eigenvalue weighted by Crippen LogP contribution is -2.35. The summed E-state index contributed by atoms with van der Waals surface area (Å²) < 4.78 is 3.14. The third-order valence-electron chi connectivity index (χ3n) is 4.71. The summed E-state index contributed by atoms with van der Waals surface area (Å²) in [5.74, 6) is 1.05. The Morgan fingerprint density at radius 3 is 2.88 bits per heavy atom. The van der Waals surface area contributed by atoms with E-state index in [2.05, 4.69) is 37.5 Å². The molecule has 0 unspecified atom stereocenters. The van der Waals surface area contributed by atoms with Crippen molar-refractivity contribution in [3.05, 3.63) is 29.2 Å². The predicted molar refractivity (Wildman–Crippen MR) is 98.0 cm³/mol. The molecule has 132 valence electrons. The number of aliphatic hydroxyl groups is 1. The maximum absolute atomic E-state index is 9.48. The van der Waals surface area contributed by atoms with Gasteiger partial charge in [-0.2, -0.15) is 0 Å². The Bertz CT molecular complexity index is 865. The van der Waals surface area contributed by atoms with E-state index in [0.717, 1.165) is 43.0 Å². The molecule has 1 atom stereocenters. The molecule has 4 rings (SSSR count). The van der Waals surface area contributed by atoms with E-state index in [0.29, 0.717) is 12.5 Å². The van der Waals surface area contributed by atoms with Gasteiger partial charge in [-0.25, -0.2) is 14.6 Å². The van der Waals surface area contributed by atoms with Crippen LogP contribution in [0.5, 0.6) is 0 Å². The second-order valence-electron chi connectivity index (χ2n) is 6.75. The lowest BCUT2D eigenvalue weighted by atomic mass is 10.1. The summed E-state index contributed by atoms with van der Waals surface area (Å²) in [6.45, 7) is 5.75. The van der Waals surface area contributed by atoms with E-state index in [4.69, 9.17) is 0 Å². The van der Waals surface area contributed by atoms with Gasteiger partial charge in [0, 0.05) is 25.7 Å². The molecule has 3 aromatic heterocycles. The van der Waals surface area contributed by atoms with Crippen molar-refractivity contribution in [2.75, 3.05) is 18.0 Å². The van der Waals surface area contributed by atoms with Crippen molar-refractivity contribution in [1.29, 1.82) is 0 Å². The molecule has 0 radical (unpaired) electrons. The number of nitrogens with zero attached hydrogens (tertiary/aromatic N) is 6. The van der Waals surface area contributed by atoms with Gasteiger partial charge in [0.2, 0.25) is 0 Å². The standard InChI is InChI=1S/C17H22N6OS/c1-11-9-25-16-15(11)18-10-19-17(16)22-5-3-14(4-6-22)23-8-13(20-21-23)7-12(2)24/h8-10,12,14,24H,3-7H2,1-2H3/t12-/m1/s1. The van der Waals surface area contributed by atoms with Crippen LogP contribution in [-0.2, 0) is 6.42 Å². The van der Waals surface area contributed by atoms with Crippen LogP contribution >= 0.6 is 11.3 Å². The number of piperidine rings is 1. The first-order valence-electron chi connectivity index (χ1n) is 8.64. The lowest BCUT2D eigenvalue weighted by Gasteiger charge is -2.32. The van der Waals surface area contributed by atoms with Crippen molar-refractivity contribution >= 4 is 27.4 Å². The number of thiophene rings is 1. The monoisotopic (exact) mass is 358 g/mol. The van der Waals surface area contributed by atoms with Crippen LogP contribution in [0.4, 0.5) is 5.82 Å². The average Bonchev–Trinajstić information content (AvgIpc) is 3.22. The Balaban J connectivity index is 1.47. The second-order valence-corrected chi connectivity index (χ2v) is 7.63. The van der Waals surface area contributed by atoms with Crippen molar-refractivity contribution in [2.45, 2.75) is 45.3 Å². The van der Waals surface area contributed by atoms with Crippen LogP contribution < -0.4 is 4.90 Å². The van der Waals surface area contributed by atoms with Gasteiger partial charge in [0.25, 0.3) is 0 Å². The Kier molecular flexibility index (Phi) is 4.39. The minimum atomic E-state index is -0.388. The number of hydrogen-bond acceptors (Lipinski definition) is 7. The number of aryl methyl sites for hydroxylation is 1. The highest BCUT2D eigenvalue weighted by Crippen LogP contribution is 2.33. The molecule has 0 spiro atoms. The van der Waals surface area contributed by atoms with Crippen molar-refractivity contribution in [1.82, 2.24) is 25.0 Å². The fourth-order valence-corrected chi connectivity index (χ4v) is 4.43. The molecule has 0 amide bonds. The van der Waals surface area contributed by atoms with Crippen LogP contribution in [0, 0.1) is 6.92 Å². The molecule has 0 aromatic carbocycles. The van der Waals surface area contributed by atoms with Gasteiger partial charge in [0.15, 0.2) is 0 Å². The molecule has 0 bridgehead atoms. The number of anilines is 1. The lowest BCUT2D eigenvalue weighted by molar-refractivity contribution is 0.194. The number of hydrogen-bond donors (Lipinski definition) is 1. The molecule has 4 heterocycles. The Morgan fingerprint density at radius 1 is 1.32 bits per heavy atom. The maximum Gasteiger partial charge on any atom is 0.150 e. The largest absolute Gasteiger partial charge is 0.393 e. The van der Waals surface area contributed by atoms with E-state index in [1.807, 2.05) is 10.9 Å². The molecule has 1 aliphatic heterocycles. The SMILES string of the molecule is Cc1csc2c(N3CCC(n4cc(C[C@@H](C)O)nn4)CC3)ncnc12. The molecule has 0 aliphatic carbocycles.